The molecule has 0 aliphatic carbocycles. The molecule has 0 unspecified atom stereocenters. The van der Waals surface area contributed by atoms with Gasteiger partial charge in [0.25, 0.3) is 0 Å². The Kier molecular flexibility index (Phi) is 5.71. The summed E-state index contributed by atoms with van der Waals surface area (Å²) in [7, 11) is 3.72. The van der Waals surface area contributed by atoms with E-state index in [0.717, 1.165) is 30.9 Å². The highest BCUT2D eigenvalue weighted by Gasteiger charge is 2.28. The van der Waals surface area contributed by atoms with Crippen molar-refractivity contribution in [3.63, 3.8) is 0 Å². The van der Waals surface area contributed by atoms with Gasteiger partial charge in [0, 0.05) is 57.6 Å². The van der Waals surface area contributed by atoms with Gasteiger partial charge in [-0.05, 0) is 31.2 Å². The molecule has 0 saturated carbocycles. The van der Waals surface area contributed by atoms with E-state index in [1.54, 1.807) is 7.11 Å². The molecule has 2 heterocycles. The topological polar surface area (TPSA) is 49.7 Å². The lowest BCUT2D eigenvalue weighted by atomic mass is 10.1. The summed E-state index contributed by atoms with van der Waals surface area (Å²) < 4.78 is 7.55. The van der Waals surface area contributed by atoms with Crippen LogP contribution in [0.4, 0.5) is 10.5 Å². The van der Waals surface area contributed by atoms with Gasteiger partial charge in [0.1, 0.15) is 5.75 Å². The highest BCUT2D eigenvalue weighted by atomic mass is 16.5. The number of nitrogens with one attached hydrogen (secondary N) is 1. The van der Waals surface area contributed by atoms with Gasteiger partial charge < -0.3 is 24.4 Å². The van der Waals surface area contributed by atoms with Crippen LogP contribution in [0.1, 0.15) is 12.6 Å². The van der Waals surface area contributed by atoms with Gasteiger partial charge in [-0.25, -0.2) is 4.79 Å². The number of aryl methyl sites for hydroxylation is 1. The van der Waals surface area contributed by atoms with Crippen molar-refractivity contribution in [2.75, 3.05) is 38.2 Å². The first-order chi connectivity index (χ1) is 12.6. The fourth-order valence-corrected chi connectivity index (χ4v) is 3.52. The molecule has 6 nitrogen and oxygen atoms in total. The van der Waals surface area contributed by atoms with Crippen LogP contribution in [-0.4, -0.2) is 54.8 Å². The molecule has 1 aromatic carbocycles. The van der Waals surface area contributed by atoms with Crippen molar-refractivity contribution in [3.8, 4) is 5.75 Å². The normalized spacial score (nSPS) is 17.3. The number of carbonyl (C=O) groups excluding carboxylic acids is 1. The number of rotatable bonds is 5. The highest BCUT2D eigenvalue weighted by Crippen LogP contribution is 2.29. The van der Waals surface area contributed by atoms with Crippen molar-refractivity contribution >= 4 is 11.7 Å². The third kappa shape index (κ3) is 3.95. The second-order valence-electron chi connectivity index (χ2n) is 6.75. The number of amides is 2. The molecule has 6 heteroatoms. The maximum atomic E-state index is 12.6. The molecule has 140 valence electrons. The molecule has 0 spiro atoms. The molecular weight excluding hydrogens is 328 g/mol. The van der Waals surface area contributed by atoms with E-state index in [2.05, 4.69) is 33.8 Å². The first-order valence-corrected chi connectivity index (χ1v) is 9.13. The Labute approximate surface area is 155 Å². The Morgan fingerprint density at radius 1 is 1.23 bits per heavy atom. The number of piperazine rings is 1. The number of anilines is 1. The minimum atomic E-state index is 0.0198. The van der Waals surface area contributed by atoms with Gasteiger partial charge in [-0.15, -0.1) is 0 Å². The standard InChI is InChI=1S/C20H28N4O2/c1-16-15-23(18-8-4-5-9-19(18)26-3)13-14-24(16)20(25)21-11-10-17-7-6-12-22(17)2/h4-9,12,16H,10-11,13-15H2,1-3H3,(H,21,25)/t16-/m0/s1. The van der Waals surface area contributed by atoms with E-state index in [-0.39, 0.29) is 12.1 Å². The van der Waals surface area contributed by atoms with Crippen LogP contribution in [0.5, 0.6) is 5.75 Å². The van der Waals surface area contributed by atoms with Crippen molar-refractivity contribution in [2.45, 2.75) is 19.4 Å². The lowest BCUT2D eigenvalue weighted by Crippen LogP contribution is -2.56. The number of para-hydroxylation sites is 2. The monoisotopic (exact) mass is 356 g/mol. The molecule has 1 aliphatic heterocycles. The number of methoxy groups -OCH3 is 1. The SMILES string of the molecule is COc1ccccc1N1CCN(C(=O)NCCc2cccn2C)[C@@H](C)C1. The van der Waals surface area contributed by atoms with Crippen LogP contribution in [0.2, 0.25) is 0 Å². The van der Waals surface area contributed by atoms with E-state index in [4.69, 9.17) is 4.74 Å². The van der Waals surface area contributed by atoms with Crippen molar-refractivity contribution < 1.29 is 9.53 Å². The average molecular weight is 356 g/mol. The quantitative estimate of drug-likeness (QED) is 0.895. The van der Waals surface area contributed by atoms with E-state index in [1.165, 1.54) is 5.69 Å². The molecule has 3 rings (SSSR count). The third-order valence-corrected chi connectivity index (χ3v) is 5.02. The van der Waals surface area contributed by atoms with E-state index < -0.39 is 0 Å². The fourth-order valence-electron chi connectivity index (χ4n) is 3.52. The average Bonchev–Trinajstić information content (AvgIpc) is 3.06. The molecular formula is C20H28N4O2. The number of hydrogen-bond donors (Lipinski definition) is 1. The minimum Gasteiger partial charge on any atom is -0.495 e. The van der Waals surface area contributed by atoms with E-state index in [9.17, 15) is 4.79 Å². The van der Waals surface area contributed by atoms with Crippen molar-refractivity contribution in [2.24, 2.45) is 7.05 Å². The zero-order valence-corrected chi connectivity index (χ0v) is 15.8. The summed E-state index contributed by atoms with van der Waals surface area (Å²) in [5.41, 5.74) is 2.31. The van der Waals surface area contributed by atoms with Crippen molar-refractivity contribution in [1.29, 1.82) is 0 Å². The molecule has 1 saturated heterocycles. The van der Waals surface area contributed by atoms with Gasteiger partial charge in [0.05, 0.1) is 12.8 Å². The van der Waals surface area contributed by atoms with Gasteiger partial charge in [0.2, 0.25) is 0 Å². The first kappa shape index (κ1) is 18.2. The smallest absolute Gasteiger partial charge is 0.317 e. The number of benzene rings is 1. The molecule has 1 fully saturated rings. The van der Waals surface area contributed by atoms with E-state index >= 15 is 0 Å². The number of nitrogens with zero attached hydrogens (tertiary/aromatic N) is 3. The molecule has 1 atom stereocenters. The molecule has 2 amide bonds. The van der Waals surface area contributed by atoms with Crippen LogP contribution >= 0.6 is 0 Å². The second-order valence-corrected chi connectivity index (χ2v) is 6.75. The summed E-state index contributed by atoms with van der Waals surface area (Å²) in [6.45, 7) is 5.05. The largest absolute Gasteiger partial charge is 0.495 e. The summed E-state index contributed by atoms with van der Waals surface area (Å²) in [6.07, 6.45) is 2.86. The number of aromatic nitrogens is 1. The van der Waals surface area contributed by atoms with Gasteiger partial charge in [-0.2, -0.15) is 0 Å². The Bertz CT molecular complexity index is 743. The van der Waals surface area contributed by atoms with Crippen LogP contribution in [-0.2, 0) is 13.5 Å². The molecule has 1 aliphatic rings. The number of urea groups is 1. The predicted molar refractivity (Wildman–Crippen MR) is 104 cm³/mol. The fraction of sp³-hybridized carbons (Fsp3) is 0.450. The van der Waals surface area contributed by atoms with Crippen LogP contribution in [0, 0.1) is 0 Å². The molecule has 0 bridgehead atoms. The first-order valence-electron chi connectivity index (χ1n) is 9.13. The van der Waals surface area contributed by atoms with Crippen LogP contribution in [0.25, 0.3) is 0 Å². The summed E-state index contributed by atoms with van der Waals surface area (Å²) in [5, 5.41) is 3.06. The number of carbonyl (C=O) groups is 1. The summed E-state index contributed by atoms with van der Waals surface area (Å²) in [5.74, 6) is 0.875. The van der Waals surface area contributed by atoms with Crippen molar-refractivity contribution in [1.82, 2.24) is 14.8 Å². The highest BCUT2D eigenvalue weighted by molar-refractivity contribution is 5.75. The molecule has 1 aromatic heterocycles. The van der Waals surface area contributed by atoms with Crippen LogP contribution in [0.3, 0.4) is 0 Å². The predicted octanol–water partition coefficient (Wildman–Crippen LogP) is 2.50. The van der Waals surface area contributed by atoms with Gasteiger partial charge in [-0.1, -0.05) is 12.1 Å². The Hall–Kier alpha value is -2.63. The third-order valence-electron chi connectivity index (χ3n) is 5.02. The van der Waals surface area contributed by atoms with E-state index in [1.807, 2.05) is 42.4 Å². The Morgan fingerprint density at radius 3 is 2.73 bits per heavy atom. The van der Waals surface area contributed by atoms with Crippen molar-refractivity contribution in [3.05, 3.63) is 48.3 Å². The maximum absolute atomic E-state index is 12.6. The molecule has 1 N–H and O–H groups in total. The maximum Gasteiger partial charge on any atom is 0.317 e. The molecule has 0 radical (unpaired) electrons. The lowest BCUT2D eigenvalue weighted by molar-refractivity contribution is 0.171. The van der Waals surface area contributed by atoms with Crippen LogP contribution < -0.4 is 15.0 Å². The Balaban J connectivity index is 1.53. The number of ether oxygens (including phenoxy) is 1. The summed E-state index contributed by atoms with van der Waals surface area (Å²) in [6, 6.07) is 12.3. The van der Waals surface area contributed by atoms with Gasteiger partial charge in [-0.3, -0.25) is 0 Å². The minimum absolute atomic E-state index is 0.0198. The van der Waals surface area contributed by atoms with Gasteiger partial charge >= 0.3 is 6.03 Å². The van der Waals surface area contributed by atoms with Gasteiger partial charge in [0.15, 0.2) is 0 Å². The molecule has 26 heavy (non-hydrogen) atoms. The Morgan fingerprint density at radius 2 is 2.04 bits per heavy atom. The zero-order chi connectivity index (χ0) is 18.5. The number of hydrogen-bond acceptors (Lipinski definition) is 3. The zero-order valence-electron chi connectivity index (χ0n) is 15.8. The summed E-state index contributed by atoms with van der Waals surface area (Å²) in [4.78, 5) is 16.8. The molecule has 2 aromatic rings. The van der Waals surface area contributed by atoms with Crippen LogP contribution in [0.15, 0.2) is 42.6 Å². The summed E-state index contributed by atoms with van der Waals surface area (Å²) >= 11 is 0. The lowest BCUT2D eigenvalue weighted by Gasteiger charge is -2.41. The second kappa shape index (κ2) is 8.17. The van der Waals surface area contributed by atoms with E-state index in [0.29, 0.717) is 13.1 Å².